The molecule has 0 unspecified atom stereocenters. The Morgan fingerprint density at radius 3 is 3.00 bits per heavy atom. The first-order valence-corrected chi connectivity index (χ1v) is 5.99. The first-order valence-electron chi connectivity index (χ1n) is 5.61. The maximum Gasteiger partial charge on any atom is 0.173 e. The van der Waals surface area contributed by atoms with Crippen LogP contribution in [0.1, 0.15) is 12.5 Å². The molecule has 1 aromatic heterocycles. The van der Waals surface area contributed by atoms with Crippen LogP contribution in [-0.2, 0) is 6.54 Å². The third-order valence-corrected chi connectivity index (χ3v) is 2.72. The molecular weight excluding hydrogens is 268 g/mol. The topological polar surface area (TPSA) is 85.7 Å². The largest absolute Gasteiger partial charge is 0.453 e. The minimum atomic E-state index is -0.0467. The summed E-state index contributed by atoms with van der Waals surface area (Å²) in [6.07, 6.45) is 3.33. The molecule has 0 saturated heterocycles. The molecular formula is C12H13ClN4O2. The number of aromatic nitrogens is 2. The molecule has 0 radical (unpaired) electrons. The Bertz CT molecular complexity index is 610. The zero-order chi connectivity index (χ0) is 13.8. The average molecular weight is 281 g/mol. The first kappa shape index (κ1) is 13.2. The van der Waals surface area contributed by atoms with Crippen molar-refractivity contribution in [3.8, 4) is 11.5 Å². The highest BCUT2D eigenvalue weighted by atomic mass is 35.5. The fourth-order valence-corrected chi connectivity index (χ4v) is 1.71. The Balaban J connectivity index is 2.35. The van der Waals surface area contributed by atoms with Gasteiger partial charge in [-0.3, -0.25) is 4.68 Å². The smallest absolute Gasteiger partial charge is 0.173 e. The molecule has 0 aliphatic heterocycles. The summed E-state index contributed by atoms with van der Waals surface area (Å²) in [5, 5.41) is 16.3. The van der Waals surface area contributed by atoms with E-state index in [4.69, 9.17) is 27.3 Å². The lowest BCUT2D eigenvalue weighted by atomic mass is 10.2. The van der Waals surface area contributed by atoms with E-state index in [1.807, 2.05) is 6.92 Å². The summed E-state index contributed by atoms with van der Waals surface area (Å²) in [5.41, 5.74) is 6.04. The van der Waals surface area contributed by atoms with Crippen molar-refractivity contribution in [3.05, 3.63) is 41.2 Å². The molecule has 0 fully saturated rings. The van der Waals surface area contributed by atoms with Crippen molar-refractivity contribution < 1.29 is 9.94 Å². The fraction of sp³-hybridized carbons (Fsp3) is 0.167. The molecule has 0 bridgehead atoms. The molecule has 1 heterocycles. The van der Waals surface area contributed by atoms with E-state index in [0.29, 0.717) is 22.1 Å². The Hall–Kier alpha value is -2.21. The molecule has 0 aliphatic carbocycles. The molecule has 7 heteroatoms. The van der Waals surface area contributed by atoms with Crippen LogP contribution in [0.4, 0.5) is 0 Å². The van der Waals surface area contributed by atoms with Crippen LogP contribution in [0.2, 0.25) is 5.02 Å². The van der Waals surface area contributed by atoms with Gasteiger partial charge in [0.2, 0.25) is 0 Å². The fourth-order valence-electron chi connectivity index (χ4n) is 1.54. The van der Waals surface area contributed by atoms with Gasteiger partial charge in [-0.15, -0.1) is 0 Å². The van der Waals surface area contributed by atoms with Crippen LogP contribution >= 0.6 is 11.6 Å². The Morgan fingerprint density at radius 2 is 2.37 bits per heavy atom. The van der Waals surface area contributed by atoms with E-state index in [1.165, 1.54) is 0 Å². The van der Waals surface area contributed by atoms with Gasteiger partial charge in [0, 0.05) is 17.6 Å². The van der Waals surface area contributed by atoms with Crippen molar-refractivity contribution >= 4 is 17.4 Å². The van der Waals surface area contributed by atoms with Gasteiger partial charge in [-0.05, 0) is 19.1 Å². The summed E-state index contributed by atoms with van der Waals surface area (Å²) < 4.78 is 7.38. The van der Waals surface area contributed by atoms with Crippen LogP contribution in [-0.4, -0.2) is 20.8 Å². The minimum Gasteiger partial charge on any atom is -0.453 e. The third kappa shape index (κ3) is 2.97. The molecule has 100 valence electrons. The average Bonchev–Trinajstić information content (AvgIpc) is 2.86. The summed E-state index contributed by atoms with van der Waals surface area (Å²) in [4.78, 5) is 0. The van der Waals surface area contributed by atoms with Gasteiger partial charge in [0.25, 0.3) is 0 Å². The lowest BCUT2D eigenvalue weighted by Crippen LogP contribution is -2.14. The molecule has 2 aromatic rings. The minimum absolute atomic E-state index is 0.0467. The van der Waals surface area contributed by atoms with Crippen LogP contribution in [0.5, 0.6) is 11.5 Å². The quantitative estimate of drug-likeness (QED) is 0.390. The van der Waals surface area contributed by atoms with Gasteiger partial charge in [-0.1, -0.05) is 16.8 Å². The number of oxime groups is 1. The number of amidine groups is 1. The molecule has 2 rings (SSSR count). The number of nitrogens with zero attached hydrogens (tertiary/aromatic N) is 3. The summed E-state index contributed by atoms with van der Waals surface area (Å²) in [7, 11) is 0. The number of nitrogens with two attached hydrogens (primary N) is 1. The molecule has 0 atom stereocenters. The number of hydrogen-bond donors (Lipinski definition) is 2. The van der Waals surface area contributed by atoms with Gasteiger partial charge in [0.15, 0.2) is 11.6 Å². The predicted octanol–water partition coefficient (Wildman–Crippen LogP) is 2.44. The van der Waals surface area contributed by atoms with E-state index in [-0.39, 0.29) is 5.84 Å². The second-order valence-corrected chi connectivity index (χ2v) is 4.20. The summed E-state index contributed by atoms with van der Waals surface area (Å²) in [6.45, 7) is 2.71. The van der Waals surface area contributed by atoms with Crippen LogP contribution in [0.15, 0.2) is 35.7 Å². The zero-order valence-electron chi connectivity index (χ0n) is 10.2. The van der Waals surface area contributed by atoms with Crippen molar-refractivity contribution in [2.45, 2.75) is 13.5 Å². The molecule has 6 nitrogen and oxygen atoms in total. The van der Waals surface area contributed by atoms with Gasteiger partial charge >= 0.3 is 0 Å². The highest BCUT2D eigenvalue weighted by Crippen LogP contribution is 2.28. The number of halogens is 1. The number of ether oxygens (including phenoxy) is 1. The summed E-state index contributed by atoms with van der Waals surface area (Å²) in [6, 6.07) is 4.85. The van der Waals surface area contributed by atoms with E-state index >= 15 is 0 Å². The van der Waals surface area contributed by atoms with Crippen molar-refractivity contribution in [1.29, 1.82) is 0 Å². The molecule has 0 saturated carbocycles. The lowest BCUT2D eigenvalue weighted by Gasteiger charge is -2.09. The van der Waals surface area contributed by atoms with Crippen LogP contribution in [0.3, 0.4) is 0 Å². The summed E-state index contributed by atoms with van der Waals surface area (Å²) in [5.74, 6) is 0.907. The predicted molar refractivity (Wildman–Crippen MR) is 71.9 cm³/mol. The Kier molecular flexibility index (Phi) is 3.91. The second kappa shape index (κ2) is 5.62. The van der Waals surface area contributed by atoms with Crippen LogP contribution < -0.4 is 10.5 Å². The normalized spacial score (nSPS) is 11.6. The van der Waals surface area contributed by atoms with E-state index in [1.54, 1.807) is 35.3 Å². The van der Waals surface area contributed by atoms with Gasteiger partial charge in [-0.2, -0.15) is 5.10 Å². The number of rotatable bonds is 4. The highest BCUT2D eigenvalue weighted by molar-refractivity contribution is 6.30. The second-order valence-electron chi connectivity index (χ2n) is 3.76. The van der Waals surface area contributed by atoms with Crippen LogP contribution in [0, 0.1) is 0 Å². The van der Waals surface area contributed by atoms with Gasteiger partial charge in [0.1, 0.15) is 5.75 Å². The maximum absolute atomic E-state index is 8.75. The Morgan fingerprint density at radius 1 is 1.58 bits per heavy atom. The molecule has 3 N–H and O–H groups in total. The standard InChI is InChI=1S/C12H13ClN4O2/c1-2-17-7-9(6-15-17)19-11-5-8(13)3-4-10(11)12(14)16-18/h3-7,18H,2H2,1H3,(H2,14,16). The lowest BCUT2D eigenvalue weighted by molar-refractivity contribution is 0.318. The Labute approximate surface area is 115 Å². The van der Waals surface area contributed by atoms with Gasteiger partial charge in [0.05, 0.1) is 18.0 Å². The van der Waals surface area contributed by atoms with Crippen molar-refractivity contribution in [3.63, 3.8) is 0 Å². The molecule has 0 amide bonds. The van der Waals surface area contributed by atoms with E-state index < -0.39 is 0 Å². The molecule has 0 spiro atoms. The first-order chi connectivity index (χ1) is 9.13. The number of aryl methyl sites for hydroxylation is 1. The van der Waals surface area contributed by atoms with Crippen molar-refractivity contribution in [2.24, 2.45) is 10.9 Å². The van der Waals surface area contributed by atoms with Crippen molar-refractivity contribution in [1.82, 2.24) is 9.78 Å². The number of benzene rings is 1. The van der Waals surface area contributed by atoms with Crippen molar-refractivity contribution in [2.75, 3.05) is 0 Å². The number of hydrogen-bond acceptors (Lipinski definition) is 4. The van der Waals surface area contributed by atoms with Gasteiger partial charge in [-0.25, -0.2) is 0 Å². The van der Waals surface area contributed by atoms with Gasteiger partial charge < -0.3 is 15.7 Å². The SMILES string of the molecule is CCn1cc(Oc2cc(Cl)ccc2/C(N)=N/O)cn1. The molecule has 1 aromatic carbocycles. The monoisotopic (exact) mass is 280 g/mol. The molecule has 19 heavy (non-hydrogen) atoms. The maximum atomic E-state index is 8.75. The van der Waals surface area contributed by atoms with Crippen LogP contribution in [0.25, 0.3) is 0 Å². The zero-order valence-corrected chi connectivity index (χ0v) is 11.0. The molecule has 0 aliphatic rings. The highest BCUT2D eigenvalue weighted by Gasteiger charge is 2.11. The summed E-state index contributed by atoms with van der Waals surface area (Å²) >= 11 is 5.92. The van der Waals surface area contributed by atoms with E-state index in [9.17, 15) is 0 Å². The van der Waals surface area contributed by atoms with E-state index in [0.717, 1.165) is 6.54 Å². The third-order valence-electron chi connectivity index (χ3n) is 2.49. The van der Waals surface area contributed by atoms with E-state index in [2.05, 4.69) is 10.3 Å².